The molecule has 0 amide bonds. The Kier molecular flexibility index (Phi) is 278. The number of rotatable bonds is 0. The summed E-state index contributed by atoms with van der Waals surface area (Å²) in [4.78, 5) is 0. The normalized spacial score (nSPS) is 1.00. The second-order valence-electron chi connectivity index (χ2n) is 0. The molecule has 4 N–H and O–H groups in total. The molecule has 0 bridgehead atoms. The van der Waals surface area contributed by atoms with Gasteiger partial charge in [0.2, 0.25) is 0 Å². The third-order valence-corrected chi connectivity index (χ3v) is 0. The molecule has 5 heavy (non-hydrogen) atoms. The van der Waals surface area contributed by atoms with Gasteiger partial charge in [0.15, 0.2) is 0 Å². The van der Waals surface area contributed by atoms with Crippen LogP contribution in [0.1, 0.15) is 0 Å². The summed E-state index contributed by atoms with van der Waals surface area (Å²) in [5.74, 6) is 0. The Labute approximate surface area is 75.8 Å². The summed E-state index contributed by atoms with van der Waals surface area (Å²) in [6, 6.07) is 0. The van der Waals surface area contributed by atoms with Crippen LogP contribution in [0, 0.1) is 0 Å². The second-order valence-corrected chi connectivity index (χ2v) is 0. The van der Waals surface area contributed by atoms with E-state index in [1.165, 1.54) is 0 Å². The molecule has 4 heteroatoms. The summed E-state index contributed by atoms with van der Waals surface area (Å²) in [6.45, 7) is 2.00. The van der Waals surface area contributed by atoms with E-state index in [4.69, 9.17) is 0 Å². The molecule has 0 aromatic rings. The average Bonchev–Trinajstić information content (AvgIpc) is 1.00. The molecule has 0 aromatic heterocycles. The Morgan fingerprint density at radius 2 is 1.00 bits per heavy atom. The van der Waals surface area contributed by atoms with E-state index in [0.717, 1.165) is 0 Å². The summed E-state index contributed by atoms with van der Waals surface area (Å²) in [5.41, 5.74) is 0. The predicted molar refractivity (Wildman–Crippen MR) is 28.8 cm³/mol. The zero-order chi connectivity index (χ0) is 2.00. The molecular formula is CH10BKO2. The molecule has 0 heterocycles. The zero-order valence-corrected chi connectivity index (χ0v) is 3.00. The van der Waals surface area contributed by atoms with Gasteiger partial charge in [0.1, 0.15) is 0 Å². The summed E-state index contributed by atoms with van der Waals surface area (Å²) < 4.78 is 0. The zero-order valence-electron chi connectivity index (χ0n) is 3.00. The molecule has 0 aromatic carbocycles. The maximum absolute atomic E-state index is 2.00. The van der Waals surface area contributed by atoms with E-state index < -0.39 is 0 Å². The Hall–Kier alpha value is 1.62. The summed E-state index contributed by atoms with van der Waals surface area (Å²) in [6.07, 6.45) is 0. The van der Waals surface area contributed by atoms with E-state index in [0.29, 0.717) is 0 Å². The Bertz CT molecular complexity index is 9.61. The van der Waals surface area contributed by atoms with E-state index in [2.05, 4.69) is 0 Å². The van der Waals surface area contributed by atoms with Gasteiger partial charge in [0, 0.05) is 0 Å². The average molecular weight is 104 g/mol. The van der Waals surface area contributed by atoms with Crippen LogP contribution < -0.4 is 0 Å². The van der Waals surface area contributed by atoms with E-state index in [9.17, 15) is 0 Å². The van der Waals surface area contributed by atoms with Crippen molar-refractivity contribution in [3.8, 4) is 0 Å². The van der Waals surface area contributed by atoms with Crippen LogP contribution in [0.25, 0.3) is 0 Å². The molecule has 0 saturated heterocycles. The van der Waals surface area contributed by atoms with Crippen LogP contribution in [0.3, 0.4) is 0 Å². The van der Waals surface area contributed by atoms with Gasteiger partial charge in [0.25, 0.3) is 0 Å². The van der Waals surface area contributed by atoms with Crippen LogP contribution in [-0.4, -0.2) is 70.2 Å². The molecule has 0 aliphatic heterocycles. The Balaban J connectivity index is -0.00000000167. The van der Waals surface area contributed by atoms with Crippen LogP contribution >= 0.6 is 0 Å². The third-order valence-electron chi connectivity index (χ3n) is 0. The molecule has 0 saturated carbocycles. The Morgan fingerprint density at radius 3 is 1.00 bits per heavy atom. The molecule has 0 fully saturated rings. The summed E-state index contributed by atoms with van der Waals surface area (Å²) in [5, 5.41) is 0. The van der Waals surface area contributed by atoms with Crippen molar-refractivity contribution >= 4 is 59.2 Å². The maximum atomic E-state index is 2.00. The fourth-order valence-electron chi connectivity index (χ4n) is 0. The van der Waals surface area contributed by atoms with Gasteiger partial charge in [-0.1, -0.05) is 6.82 Å². The first-order chi connectivity index (χ1) is 1.00. The van der Waals surface area contributed by atoms with E-state index in [1.54, 1.807) is 0 Å². The van der Waals surface area contributed by atoms with E-state index >= 15 is 0 Å². The standard InChI is InChI=1S/CH5B.K.2H2O.H/c1-2;;;;/h2H2,1H3;;2*1H2;. The first-order valence-electron chi connectivity index (χ1n) is 1.00. The van der Waals surface area contributed by atoms with Crippen molar-refractivity contribution in [3.05, 3.63) is 0 Å². The van der Waals surface area contributed by atoms with Crippen LogP contribution in [0.15, 0.2) is 0 Å². The second kappa shape index (κ2) is 45.7. The number of hydrogen-bond donors (Lipinski definition) is 0. The van der Waals surface area contributed by atoms with Gasteiger partial charge in [-0.3, -0.25) is 0 Å². The molecule has 0 aliphatic rings. The van der Waals surface area contributed by atoms with Crippen molar-refractivity contribution in [2.24, 2.45) is 0 Å². The Morgan fingerprint density at radius 1 is 1.00 bits per heavy atom. The summed E-state index contributed by atoms with van der Waals surface area (Å²) in [7, 11) is 2.00. The van der Waals surface area contributed by atoms with Gasteiger partial charge in [0.05, 0.1) is 7.85 Å². The van der Waals surface area contributed by atoms with Gasteiger partial charge < -0.3 is 11.0 Å². The van der Waals surface area contributed by atoms with Crippen LogP contribution in [0.4, 0.5) is 0 Å². The van der Waals surface area contributed by atoms with Gasteiger partial charge in [-0.25, -0.2) is 0 Å². The van der Waals surface area contributed by atoms with Crippen LogP contribution in [0.2, 0.25) is 6.82 Å². The van der Waals surface area contributed by atoms with Crippen LogP contribution in [0.5, 0.6) is 0 Å². The van der Waals surface area contributed by atoms with Crippen molar-refractivity contribution in [1.82, 2.24) is 0 Å². The van der Waals surface area contributed by atoms with Crippen LogP contribution in [-0.2, 0) is 0 Å². The molecule has 2 nitrogen and oxygen atoms in total. The molecule has 30 valence electrons. The van der Waals surface area contributed by atoms with Crippen molar-refractivity contribution in [2.75, 3.05) is 0 Å². The minimum atomic E-state index is 0. The summed E-state index contributed by atoms with van der Waals surface area (Å²) >= 11 is 0. The van der Waals surface area contributed by atoms with Crippen molar-refractivity contribution in [3.63, 3.8) is 0 Å². The van der Waals surface area contributed by atoms with Crippen molar-refractivity contribution in [2.45, 2.75) is 6.82 Å². The van der Waals surface area contributed by atoms with Gasteiger partial charge in [-0.15, -0.1) is 0 Å². The topological polar surface area (TPSA) is 63.0 Å². The molecule has 0 aliphatic carbocycles. The van der Waals surface area contributed by atoms with Crippen molar-refractivity contribution < 1.29 is 11.0 Å². The molecule has 0 rings (SSSR count). The quantitative estimate of drug-likeness (QED) is 0.302. The molecule has 0 atom stereocenters. The number of hydrogen-bond acceptors (Lipinski definition) is 0. The predicted octanol–water partition coefficient (Wildman–Crippen LogP) is -2.63. The van der Waals surface area contributed by atoms with Gasteiger partial charge in [-0.05, 0) is 0 Å². The first kappa shape index (κ1) is 30.4. The SMILES string of the molecule is BC.O.O.[KH]. The molecule has 0 unspecified atom stereocenters. The monoisotopic (exact) mass is 104 g/mol. The van der Waals surface area contributed by atoms with Gasteiger partial charge >= 0.3 is 51.4 Å². The first-order valence-corrected chi connectivity index (χ1v) is 1.00. The molecule has 0 spiro atoms. The fourth-order valence-corrected chi connectivity index (χ4v) is 0. The van der Waals surface area contributed by atoms with E-state index in [1.807, 2.05) is 14.7 Å². The minimum absolute atomic E-state index is 0. The van der Waals surface area contributed by atoms with Gasteiger partial charge in [-0.2, -0.15) is 0 Å². The van der Waals surface area contributed by atoms with Crippen molar-refractivity contribution in [1.29, 1.82) is 0 Å². The fraction of sp³-hybridized carbons (Fsp3) is 1.00. The molecular weight excluding hydrogens is 93.9 g/mol. The molecule has 0 radical (unpaired) electrons. The third kappa shape index (κ3) is 28.0. The van der Waals surface area contributed by atoms with E-state index in [-0.39, 0.29) is 62.3 Å².